The first-order chi connectivity index (χ1) is 14.6. The number of benzene rings is 2. The number of imidazole rings is 1. The highest BCUT2D eigenvalue weighted by molar-refractivity contribution is 5.80. The van der Waals surface area contributed by atoms with Gasteiger partial charge < -0.3 is 14.6 Å². The van der Waals surface area contributed by atoms with Crippen molar-refractivity contribution in [2.24, 2.45) is 7.05 Å². The second kappa shape index (κ2) is 8.78. The molecule has 0 saturated heterocycles. The Balaban J connectivity index is 1.47. The maximum absolute atomic E-state index is 11.3. The summed E-state index contributed by atoms with van der Waals surface area (Å²) in [5, 5.41) is 3.42. The second-order valence-electron chi connectivity index (χ2n) is 7.27. The Morgan fingerprint density at radius 3 is 2.67 bits per heavy atom. The average Bonchev–Trinajstić information content (AvgIpc) is 3.04. The first-order valence-electron chi connectivity index (χ1n) is 9.95. The number of pyridine rings is 1. The topological polar surface area (TPSA) is 69.0 Å². The van der Waals surface area contributed by atoms with E-state index in [1.165, 1.54) is 5.56 Å². The average molecular weight is 400 g/mol. The van der Waals surface area contributed by atoms with Crippen LogP contribution in [0.1, 0.15) is 18.2 Å². The predicted molar refractivity (Wildman–Crippen MR) is 118 cm³/mol. The van der Waals surface area contributed by atoms with E-state index in [1.54, 1.807) is 25.3 Å². The Labute approximate surface area is 175 Å². The van der Waals surface area contributed by atoms with E-state index in [2.05, 4.69) is 34.6 Å². The van der Waals surface area contributed by atoms with Crippen LogP contribution in [0.2, 0.25) is 0 Å². The first-order valence-corrected chi connectivity index (χ1v) is 9.95. The van der Waals surface area contributed by atoms with Crippen molar-refractivity contribution in [3.05, 3.63) is 78.1 Å². The van der Waals surface area contributed by atoms with Crippen LogP contribution >= 0.6 is 0 Å². The minimum absolute atomic E-state index is 0.0712. The molecule has 30 heavy (non-hydrogen) atoms. The van der Waals surface area contributed by atoms with Crippen molar-refractivity contribution < 1.29 is 9.53 Å². The molecule has 4 aromatic rings. The monoisotopic (exact) mass is 400 g/mol. The lowest BCUT2D eigenvalue weighted by atomic mass is 10.1. The van der Waals surface area contributed by atoms with Crippen LogP contribution in [-0.2, 0) is 24.7 Å². The minimum Gasteiger partial charge on any atom is -0.457 e. The molecular weight excluding hydrogens is 376 g/mol. The molecule has 0 saturated carbocycles. The zero-order valence-electron chi connectivity index (χ0n) is 17.1. The Hall–Kier alpha value is -3.67. The summed E-state index contributed by atoms with van der Waals surface area (Å²) in [5.41, 5.74) is 3.87. The largest absolute Gasteiger partial charge is 0.457 e. The number of aromatic nitrogens is 3. The van der Waals surface area contributed by atoms with Crippen LogP contribution in [0.25, 0.3) is 11.0 Å². The maximum Gasteiger partial charge on any atom is 0.203 e. The van der Waals surface area contributed by atoms with Crippen LogP contribution in [0.15, 0.2) is 66.9 Å². The van der Waals surface area contributed by atoms with E-state index in [1.807, 2.05) is 35.9 Å². The van der Waals surface area contributed by atoms with Gasteiger partial charge in [0.1, 0.15) is 17.3 Å². The van der Waals surface area contributed by atoms with Gasteiger partial charge in [0.25, 0.3) is 0 Å². The lowest BCUT2D eigenvalue weighted by molar-refractivity contribution is -0.116. The Kier molecular flexibility index (Phi) is 5.75. The third kappa shape index (κ3) is 4.66. The van der Waals surface area contributed by atoms with Gasteiger partial charge >= 0.3 is 0 Å². The second-order valence-corrected chi connectivity index (χ2v) is 7.27. The highest BCUT2D eigenvalue weighted by Gasteiger charge is 2.10. The van der Waals surface area contributed by atoms with E-state index in [9.17, 15) is 4.79 Å². The number of fused-ring (bicyclic) bond motifs is 1. The van der Waals surface area contributed by atoms with Gasteiger partial charge in [-0.25, -0.2) is 4.98 Å². The molecule has 4 rings (SSSR count). The number of nitrogens with zero attached hydrogens (tertiary/aromatic N) is 3. The molecule has 0 aliphatic heterocycles. The lowest BCUT2D eigenvalue weighted by Crippen LogP contribution is -2.08. The molecule has 0 amide bonds. The third-order valence-electron chi connectivity index (χ3n) is 4.85. The number of hydrogen-bond donors (Lipinski definition) is 1. The van der Waals surface area contributed by atoms with Crippen molar-refractivity contribution >= 4 is 22.8 Å². The number of carbonyl (C=O) groups excluding carboxylic acids is 1. The highest BCUT2D eigenvalue weighted by Crippen LogP contribution is 2.27. The van der Waals surface area contributed by atoms with Crippen LogP contribution < -0.4 is 10.1 Å². The Morgan fingerprint density at radius 1 is 1.07 bits per heavy atom. The zero-order valence-corrected chi connectivity index (χ0v) is 17.1. The van der Waals surface area contributed by atoms with E-state index < -0.39 is 0 Å². The molecule has 2 aromatic carbocycles. The fourth-order valence-corrected chi connectivity index (χ4v) is 3.37. The summed E-state index contributed by atoms with van der Waals surface area (Å²) in [6.45, 7) is 2.36. The molecule has 0 radical (unpaired) electrons. The summed E-state index contributed by atoms with van der Waals surface area (Å²) >= 11 is 0. The van der Waals surface area contributed by atoms with Crippen molar-refractivity contribution in [1.82, 2.24) is 14.5 Å². The number of ketones is 1. The maximum atomic E-state index is 11.3. The van der Waals surface area contributed by atoms with Crippen molar-refractivity contribution in [3.63, 3.8) is 0 Å². The normalized spacial score (nSPS) is 10.9. The highest BCUT2D eigenvalue weighted by atomic mass is 16.5. The molecular formula is C24H24N4O2. The molecule has 6 heteroatoms. The molecule has 0 atom stereocenters. The van der Waals surface area contributed by atoms with E-state index in [0.29, 0.717) is 23.6 Å². The van der Waals surface area contributed by atoms with Crippen LogP contribution in [0, 0.1) is 0 Å². The molecule has 0 bridgehead atoms. The van der Waals surface area contributed by atoms with Crippen molar-refractivity contribution in [3.8, 4) is 11.5 Å². The molecule has 0 spiro atoms. The molecule has 152 valence electrons. The van der Waals surface area contributed by atoms with E-state index >= 15 is 0 Å². The van der Waals surface area contributed by atoms with Gasteiger partial charge in [0.15, 0.2) is 0 Å². The Bertz CT molecular complexity index is 1170. The van der Waals surface area contributed by atoms with Gasteiger partial charge in [0.05, 0.1) is 16.7 Å². The van der Waals surface area contributed by atoms with Gasteiger partial charge in [-0.3, -0.25) is 9.78 Å². The number of anilines is 1. The zero-order chi connectivity index (χ0) is 20.9. The fourth-order valence-electron chi connectivity index (χ4n) is 3.37. The summed E-state index contributed by atoms with van der Waals surface area (Å²) < 4.78 is 8.02. The van der Waals surface area contributed by atoms with Gasteiger partial charge in [-0.15, -0.1) is 0 Å². The number of carbonyl (C=O) groups is 1. The molecule has 0 fully saturated rings. The fraction of sp³-hybridized carbons (Fsp3) is 0.208. The third-order valence-corrected chi connectivity index (χ3v) is 4.85. The van der Waals surface area contributed by atoms with Crippen molar-refractivity contribution in [1.29, 1.82) is 0 Å². The van der Waals surface area contributed by atoms with Crippen LogP contribution in [-0.4, -0.2) is 26.9 Å². The first kappa shape index (κ1) is 19.6. The summed E-state index contributed by atoms with van der Waals surface area (Å²) in [6, 6.07) is 19.8. The van der Waals surface area contributed by atoms with Gasteiger partial charge in [-0.1, -0.05) is 30.3 Å². The number of aryl methyl sites for hydroxylation is 1. The van der Waals surface area contributed by atoms with E-state index in [-0.39, 0.29) is 5.78 Å². The smallest absolute Gasteiger partial charge is 0.203 e. The minimum atomic E-state index is 0.0712. The van der Waals surface area contributed by atoms with Crippen LogP contribution in [0.3, 0.4) is 0 Å². The van der Waals surface area contributed by atoms with Gasteiger partial charge in [0, 0.05) is 38.3 Å². The summed E-state index contributed by atoms with van der Waals surface area (Å²) in [4.78, 5) is 20.3. The number of rotatable bonds is 8. The molecule has 0 aliphatic carbocycles. The van der Waals surface area contributed by atoms with Gasteiger partial charge in [0.2, 0.25) is 5.95 Å². The molecule has 1 N–H and O–H groups in total. The number of Topliss-reactive ketones (excluding diaryl/α,β-unsaturated/α-hetero) is 1. The quantitative estimate of drug-likeness (QED) is 0.470. The van der Waals surface area contributed by atoms with Gasteiger partial charge in [-0.2, -0.15) is 0 Å². The molecule has 2 heterocycles. The summed E-state index contributed by atoms with van der Waals surface area (Å²) in [5.74, 6) is 2.24. The SMILES string of the molecule is CC(=O)Cc1cc(Oc2ccc3c(c2)nc(NCCc2ccccc2)n3C)ccn1. The van der Waals surface area contributed by atoms with Crippen molar-refractivity contribution in [2.75, 3.05) is 11.9 Å². The molecule has 0 aliphatic rings. The standard InChI is InChI=1S/C24H24N4O2/c1-17(29)14-19-15-21(11-13-25-19)30-20-8-9-23-22(16-20)27-24(28(23)2)26-12-10-18-6-4-3-5-7-18/h3-9,11,13,15-16H,10,12,14H2,1-2H3,(H,26,27). The lowest BCUT2D eigenvalue weighted by Gasteiger charge is -2.07. The Morgan fingerprint density at radius 2 is 1.87 bits per heavy atom. The summed E-state index contributed by atoms with van der Waals surface area (Å²) in [6.07, 6.45) is 2.89. The van der Waals surface area contributed by atoms with Crippen molar-refractivity contribution in [2.45, 2.75) is 19.8 Å². The van der Waals surface area contributed by atoms with E-state index in [0.717, 1.165) is 29.9 Å². The number of ether oxygens (including phenoxy) is 1. The molecule has 0 unspecified atom stereocenters. The van der Waals surface area contributed by atoms with Crippen LogP contribution in [0.4, 0.5) is 5.95 Å². The van der Waals surface area contributed by atoms with Gasteiger partial charge in [-0.05, 0) is 37.1 Å². The predicted octanol–water partition coefficient (Wildman–Crippen LogP) is 4.55. The van der Waals surface area contributed by atoms with Crippen LogP contribution in [0.5, 0.6) is 11.5 Å². The molecule has 2 aromatic heterocycles. The number of nitrogens with one attached hydrogen (secondary N) is 1. The molecule has 6 nitrogen and oxygen atoms in total. The summed E-state index contributed by atoms with van der Waals surface area (Å²) in [7, 11) is 2.00. The number of hydrogen-bond acceptors (Lipinski definition) is 5. The van der Waals surface area contributed by atoms with E-state index in [4.69, 9.17) is 9.72 Å².